The molecule has 6 nitrogen and oxygen atoms in total. The number of hydrogen-bond donors (Lipinski definition) is 0. The molecule has 0 aliphatic heterocycles. The minimum Gasteiger partial charge on any atom is -0.497 e. The van der Waals surface area contributed by atoms with Gasteiger partial charge in [-0.3, -0.25) is 4.79 Å². The molecule has 0 saturated carbocycles. The number of Topliss-reactive ketones (excluding diaryl/α,β-unsaturated/α-hetero) is 1. The molecule has 2 aromatic carbocycles. The minimum absolute atomic E-state index is 0.0149. The zero-order valence-electron chi connectivity index (χ0n) is 14.6. The number of para-hydroxylation sites is 1. The van der Waals surface area contributed by atoms with Crippen LogP contribution in [0.5, 0.6) is 5.75 Å². The van der Waals surface area contributed by atoms with Gasteiger partial charge in [0.15, 0.2) is 11.4 Å². The lowest BCUT2D eigenvalue weighted by atomic mass is 10.1. The molecule has 0 aliphatic rings. The molecule has 0 bridgehead atoms. The Balaban J connectivity index is 1.58. The van der Waals surface area contributed by atoms with E-state index in [4.69, 9.17) is 4.74 Å². The lowest BCUT2D eigenvalue weighted by molar-refractivity contribution is 0.102. The average molecular weight is 376 g/mol. The van der Waals surface area contributed by atoms with Gasteiger partial charge in [0.05, 0.1) is 30.1 Å². The van der Waals surface area contributed by atoms with Crippen molar-refractivity contribution >= 4 is 28.6 Å². The quantitative estimate of drug-likeness (QED) is 0.290. The van der Waals surface area contributed by atoms with E-state index in [0.717, 1.165) is 16.1 Å². The molecule has 0 fully saturated rings. The van der Waals surface area contributed by atoms with Gasteiger partial charge in [-0.25, -0.2) is 14.6 Å². The van der Waals surface area contributed by atoms with E-state index in [9.17, 15) is 4.79 Å². The van der Waals surface area contributed by atoms with E-state index in [1.807, 2.05) is 42.5 Å². The van der Waals surface area contributed by atoms with Crippen LogP contribution in [0, 0.1) is 0 Å². The largest absolute Gasteiger partial charge is 0.497 e. The molecule has 0 spiro atoms. The normalized spacial score (nSPS) is 10.9. The molecule has 0 saturated heterocycles. The number of rotatable bonds is 6. The Labute approximate surface area is 160 Å². The molecule has 0 atom stereocenters. The van der Waals surface area contributed by atoms with Crippen LogP contribution in [-0.4, -0.2) is 38.4 Å². The molecule has 0 unspecified atom stereocenters. The van der Waals surface area contributed by atoms with Gasteiger partial charge in [0.1, 0.15) is 17.1 Å². The van der Waals surface area contributed by atoms with Crippen molar-refractivity contribution in [2.24, 2.45) is 0 Å². The molecule has 27 heavy (non-hydrogen) atoms. The van der Waals surface area contributed by atoms with Crippen LogP contribution in [0.25, 0.3) is 16.7 Å². The van der Waals surface area contributed by atoms with Gasteiger partial charge >= 0.3 is 0 Å². The molecule has 4 aromatic rings. The average Bonchev–Trinajstić information content (AvgIpc) is 3.17. The zero-order chi connectivity index (χ0) is 18.6. The second-order valence-electron chi connectivity index (χ2n) is 5.75. The molecule has 2 heterocycles. The third-order valence-electron chi connectivity index (χ3n) is 4.06. The number of hydrogen-bond acceptors (Lipinski definition) is 6. The van der Waals surface area contributed by atoms with E-state index in [1.165, 1.54) is 18.1 Å². The Kier molecular flexibility index (Phi) is 4.84. The molecule has 0 aliphatic carbocycles. The summed E-state index contributed by atoms with van der Waals surface area (Å²) in [5.41, 5.74) is 2.26. The molecule has 134 valence electrons. The Morgan fingerprint density at radius 2 is 1.96 bits per heavy atom. The van der Waals surface area contributed by atoms with Crippen LogP contribution in [0.1, 0.15) is 10.4 Å². The molecule has 7 heteroatoms. The summed E-state index contributed by atoms with van der Waals surface area (Å²) < 4.78 is 6.95. The van der Waals surface area contributed by atoms with Crippen molar-refractivity contribution in [1.29, 1.82) is 0 Å². The lowest BCUT2D eigenvalue weighted by Crippen LogP contribution is -2.03. The maximum absolute atomic E-state index is 12.5. The second kappa shape index (κ2) is 7.59. The standard InChI is InChI=1S/C20H16N4O2S/c1-26-16-9-5-6-14(10-16)18(25)12-27-20-17-11-23-24(19(17)21-13-22-20)15-7-3-2-4-8-15/h2-11,13H,12H2,1H3. The smallest absolute Gasteiger partial charge is 0.173 e. The van der Waals surface area contributed by atoms with Crippen molar-refractivity contribution < 1.29 is 9.53 Å². The van der Waals surface area contributed by atoms with E-state index < -0.39 is 0 Å². The van der Waals surface area contributed by atoms with Gasteiger partial charge in [0.25, 0.3) is 0 Å². The van der Waals surface area contributed by atoms with Gasteiger partial charge in [0.2, 0.25) is 0 Å². The zero-order valence-corrected chi connectivity index (χ0v) is 15.4. The number of carbonyl (C=O) groups is 1. The summed E-state index contributed by atoms with van der Waals surface area (Å²) in [6.45, 7) is 0. The summed E-state index contributed by atoms with van der Waals surface area (Å²) >= 11 is 1.38. The highest BCUT2D eigenvalue weighted by Crippen LogP contribution is 2.26. The molecule has 4 rings (SSSR count). The van der Waals surface area contributed by atoms with E-state index in [-0.39, 0.29) is 11.5 Å². The number of ketones is 1. The van der Waals surface area contributed by atoms with Crippen molar-refractivity contribution in [2.75, 3.05) is 12.9 Å². The summed E-state index contributed by atoms with van der Waals surface area (Å²) in [6.07, 6.45) is 3.24. The molecular formula is C20H16N4O2S. The first kappa shape index (κ1) is 17.2. The van der Waals surface area contributed by atoms with Gasteiger partial charge < -0.3 is 4.74 Å². The van der Waals surface area contributed by atoms with Crippen molar-refractivity contribution in [3.63, 3.8) is 0 Å². The summed E-state index contributed by atoms with van der Waals surface area (Å²) in [5, 5.41) is 5.99. The monoisotopic (exact) mass is 376 g/mol. The van der Waals surface area contributed by atoms with Crippen LogP contribution in [0.15, 0.2) is 72.1 Å². The number of methoxy groups -OCH3 is 1. The van der Waals surface area contributed by atoms with Gasteiger partial charge in [-0.05, 0) is 24.3 Å². The van der Waals surface area contributed by atoms with Crippen LogP contribution in [0.3, 0.4) is 0 Å². The number of aromatic nitrogens is 4. The first-order valence-corrected chi connectivity index (χ1v) is 9.29. The SMILES string of the molecule is COc1cccc(C(=O)CSc2ncnc3c2cnn3-c2ccccc2)c1. The fraction of sp³-hybridized carbons (Fsp3) is 0.100. The van der Waals surface area contributed by atoms with E-state index in [1.54, 1.807) is 30.1 Å². The van der Waals surface area contributed by atoms with Crippen LogP contribution < -0.4 is 4.74 Å². The second-order valence-corrected chi connectivity index (χ2v) is 6.72. The summed E-state index contributed by atoms with van der Waals surface area (Å²) in [6, 6.07) is 16.9. The van der Waals surface area contributed by atoms with Gasteiger partial charge in [0, 0.05) is 5.56 Å². The number of fused-ring (bicyclic) bond motifs is 1. The number of benzene rings is 2. The lowest BCUT2D eigenvalue weighted by Gasteiger charge is -2.05. The Bertz CT molecular complexity index is 1100. The minimum atomic E-state index is 0.0149. The van der Waals surface area contributed by atoms with Crippen molar-refractivity contribution in [1.82, 2.24) is 19.7 Å². The number of thioether (sulfide) groups is 1. The molecule has 0 N–H and O–H groups in total. The topological polar surface area (TPSA) is 69.9 Å². The molecular weight excluding hydrogens is 360 g/mol. The Morgan fingerprint density at radius 1 is 1.11 bits per heavy atom. The number of ether oxygens (including phenoxy) is 1. The number of carbonyl (C=O) groups excluding carboxylic acids is 1. The summed E-state index contributed by atoms with van der Waals surface area (Å²) in [5.74, 6) is 0.955. The fourth-order valence-corrected chi connectivity index (χ4v) is 3.57. The summed E-state index contributed by atoms with van der Waals surface area (Å²) in [7, 11) is 1.58. The van der Waals surface area contributed by atoms with Crippen LogP contribution in [0.4, 0.5) is 0 Å². The maximum atomic E-state index is 12.5. The predicted molar refractivity (Wildman–Crippen MR) is 105 cm³/mol. The Morgan fingerprint density at radius 3 is 2.78 bits per heavy atom. The van der Waals surface area contributed by atoms with Gasteiger partial charge in [-0.1, -0.05) is 42.1 Å². The first-order valence-electron chi connectivity index (χ1n) is 8.30. The number of nitrogens with zero attached hydrogens (tertiary/aromatic N) is 4. The fourth-order valence-electron chi connectivity index (χ4n) is 2.71. The molecule has 0 radical (unpaired) electrons. The van der Waals surface area contributed by atoms with E-state index in [0.29, 0.717) is 17.0 Å². The van der Waals surface area contributed by atoms with Crippen LogP contribution in [-0.2, 0) is 0 Å². The highest BCUT2D eigenvalue weighted by molar-refractivity contribution is 8.00. The molecule has 0 amide bonds. The first-order chi connectivity index (χ1) is 13.3. The van der Waals surface area contributed by atoms with Crippen LogP contribution >= 0.6 is 11.8 Å². The van der Waals surface area contributed by atoms with Crippen molar-refractivity contribution in [3.8, 4) is 11.4 Å². The third kappa shape index (κ3) is 3.54. The van der Waals surface area contributed by atoms with Crippen molar-refractivity contribution in [3.05, 3.63) is 72.7 Å². The van der Waals surface area contributed by atoms with Crippen LogP contribution in [0.2, 0.25) is 0 Å². The van der Waals surface area contributed by atoms with E-state index in [2.05, 4.69) is 15.1 Å². The highest BCUT2D eigenvalue weighted by Gasteiger charge is 2.14. The predicted octanol–water partition coefficient (Wildman–Crippen LogP) is 3.80. The van der Waals surface area contributed by atoms with E-state index >= 15 is 0 Å². The van der Waals surface area contributed by atoms with Gasteiger partial charge in [-0.15, -0.1) is 0 Å². The van der Waals surface area contributed by atoms with Gasteiger partial charge in [-0.2, -0.15) is 5.10 Å². The van der Waals surface area contributed by atoms with Crippen molar-refractivity contribution in [2.45, 2.75) is 5.03 Å². The summed E-state index contributed by atoms with van der Waals surface area (Å²) in [4.78, 5) is 21.2. The highest BCUT2D eigenvalue weighted by atomic mass is 32.2. The third-order valence-corrected chi connectivity index (χ3v) is 5.07. The maximum Gasteiger partial charge on any atom is 0.173 e. The molecule has 2 aromatic heterocycles. The Hall–Kier alpha value is -3.19.